The summed E-state index contributed by atoms with van der Waals surface area (Å²) in [4.78, 5) is 25.3. The molecule has 0 aliphatic carbocycles. The average Bonchev–Trinajstić information content (AvgIpc) is 3.02. The lowest BCUT2D eigenvalue weighted by Gasteiger charge is -2.12. The summed E-state index contributed by atoms with van der Waals surface area (Å²) < 4.78 is 6.62. The number of pyridine rings is 1. The molecule has 1 aliphatic rings. The first-order valence-corrected chi connectivity index (χ1v) is 7.70. The minimum absolute atomic E-state index is 0.0972. The molecule has 1 aliphatic heterocycles. The highest BCUT2D eigenvalue weighted by molar-refractivity contribution is 5.98. The monoisotopic (exact) mass is 317 g/mol. The molecule has 24 heavy (non-hydrogen) atoms. The number of hydrogen-bond acceptors (Lipinski definition) is 3. The lowest BCUT2D eigenvalue weighted by atomic mass is 10.00. The number of ether oxygens (including phenoxy) is 1. The van der Waals surface area contributed by atoms with Crippen LogP contribution in [0.15, 0.2) is 65.5 Å². The van der Waals surface area contributed by atoms with Crippen LogP contribution in [-0.2, 0) is 11.3 Å². The molecule has 118 valence electrons. The van der Waals surface area contributed by atoms with Crippen molar-refractivity contribution in [1.29, 1.82) is 0 Å². The van der Waals surface area contributed by atoms with Crippen molar-refractivity contribution in [2.45, 2.75) is 6.54 Å². The molecule has 0 amide bonds. The molecule has 0 unspecified atom stereocenters. The minimum atomic E-state index is -0.437. The van der Waals surface area contributed by atoms with E-state index in [2.05, 4.69) is 0 Å². The molecule has 2 aromatic carbocycles. The second kappa shape index (κ2) is 5.49. The molecule has 0 bridgehead atoms. The zero-order valence-corrected chi connectivity index (χ0v) is 13.2. The van der Waals surface area contributed by atoms with Gasteiger partial charge in [-0.25, -0.2) is 4.79 Å². The fourth-order valence-corrected chi connectivity index (χ4v) is 3.26. The molecule has 0 fully saturated rings. The molecule has 0 N–H and O–H groups in total. The number of carbonyl (C=O) groups is 1. The quantitative estimate of drug-likeness (QED) is 0.533. The average molecular weight is 317 g/mol. The number of rotatable bonds is 2. The molecule has 4 heteroatoms. The standard InChI is InChI=1S/C20H15NO3/c1-24-20(23)17-11-16(13-7-3-2-4-8-13)19(22)21-12-14-9-5-6-10-15(14)18(17)21/h2-11H,12H2,1H3. The second-order valence-electron chi connectivity index (χ2n) is 5.73. The third kappa shape index (κ3) is 2.07. The number of esters is 1. The molecule has 1 aromatic heterocycles. The van der Waals surface area contributed by atoms with Gasteiger partial charge in [-0.2, -0.15) is 0 Å². The van der Waals surface area contributed by atoms with Crippen LogP contribution in [0.3, 0.4) is 0 Å². The summed E-state index contributed by atoms with van der Waals surface area (Å²) in [7, 11) is 1.35. The number of benzene rings is 2. The van der Waals surface area contributed by atoms with Gasteiger partial charge in [0.1, 0.15) is 0 Å². The largest absolute Gasteiger partial charge is 0.465 e. The highest BCUT2D eigenvalue weighted by atomic mass is 16.5. The third-order valence-electron chi connectivity index (χ3n) is 4.38. The maximum Gasteiger partial charge on any atom is 0.340 e. The van der Waals surface area contributed by atoms with E-state index in [-0.39, 0.29) is 5.56 Å². The number of fused-ring (bicyclic) bond motifs is 3. The number of nitrogens with zero attached hydrogens (tertiary/aromatic N) is 1. The van der Waals surface area contributed by atoms with Crippen LogP contribution >= 0.6 is 0 Å². The van der Waals surface area contributed by atoms with E-state index in [1.54, 1.807) is 10.6 Å². The van der Waals surface area contributed by atoms with Crippen molar-refractivity contribution >= 4 is 5.97 Å². The SMILES string of the molecule is COC(=O)c1cc(-c2ccccc2)c(=O)n2c1-c1ccccc1C2. The Kier molecular flexibility index (Phi) is 3.31. The smallest absolute Gasteiger partial charge is 0.340 e. The highest BCUT2D eigenvalue weighted by Crippen LogP contribution is 2.34. The van der Waals surface area contributed by atoms with Gasteiger partial charge in [0.15, 0.2) is 0 Å². The van der Waals surface area contributed by atoms with E-state index >= 15 is 0 Å². The Hall–Kier alpha value is -3.14. The molecule has 0 saturated carbocycles. The van der Waals surface area contributed by atoms with Crippen LogP contribution in [0, 0.1) is 0 Å². The van der Waals surface area contributed by atoms with Gasteiger partial charge in [-0.3, -0.25) is 4.79 Å². The van der Waals surface area contributed by atoms with E-state index in [9.17, 15) is 9.59 Å². The first-order chi connectivity index (χ1) is 11.7. The van der Waals surface area contributed by atoms with Gasteiger partial charge in [-0.05, 0) is 17.2 Å². The molecular weight excluding hydrogens is 302 g/mol. The predicted octanol–water partition coefficient (Wildman–Crippen LogP) is 3.33. The van der Waals surface area contributed by atoms with E-state index in [1.165, 1.54) is 7.11 Å². The minimum Gasteiger partial charge on any atom is -0.465 e. The Morgan fingerprint density at radius 1 is 1.00 bits per heavy atom. The van der Waals surface area contributed by atoms with Crippen LogP contribution in [0.4, 0.5) is 0 Å². The van der Waals surface area contributed by atoms with Crippen LogP contribution in [0.5, 0.6) is 0 Å². The summed E-state index contributed by atoms with van der Waals surface area (Å²) in [5, 5.41) is 0. The van der Waals surface area contributed by atoms with Gasteiger partial charge in [0.05, 0.1) is 24.9 Å². The van der Waals surface area contributed by atoms with Crippen LogP contribution < -0.4 is 5.56 Å². The van der Waals surface area contributed by atoms with Crippen molar-refractivity contribution in [3.8, 4) is 22.4 Å². The Balaban J connectivity index is 2.05. The molecule has 0 spiro atoms. The third-order valence-corrected chi connectivity index (χ3v) is 4.38. The summed E-state index contributed by atoms with van der Waals surface area (Å²) in [6, 6.07) is 18.8. The van der Waals surface area contributed by atoms with Gasteiger partial charge in [-0.15, -0.1) is 0 Å². The molecule has 0 atom stereocenters. The van der Waals surface area contributed by atoms with Crippen LogP contribution in [0.1, 0.15) is 15.9 Å². The number of carbonyl (C=O) groups excluding carboxylic acids is 1. The van der Waals surface area contributed by atoms with Crippen molar-refractivity contribution < 1.29 is 9.53 Å². The summed E-state index contributed by atoms with van der Waals surface area (Å²) in [5.74, 6) is -0.437. The molecule has 2 heterocycles. The molecular formula is C20H15NO3. The highest BCUT2D eigenvalue weighted by Gasteiger charge is 2.27. The zero-order valence-electron chi connectivity index (χ0n) is 13.2. The molecule has 4 nitrogen and oxygen atoms in total. The first kappa shape index (κ1) is 14.5. The number of aromatic nitrogens is 1. The fraction of sp³-hybridized carbons (Fsp3) is 0.100. The predicted molar refractivity (Wildman–Crippen MR) is 92.0 cm³/mol. The number of hydrogen-bond donors (Lipinski definition) is 0. The summed E-state index contributed by atoms with van der Waals surface area (Å²) >= 11 is 0. The molecule has 0 radical (unpaired) electrons. The molecule has 0 saturated heterocycles. The van der Waals surface area contributed by atoms with E-state index in [4.69, 9.17) is 4.74 Å². The first-order valence-electron chi connectivity index (χ1n) is 7.70. The van der Waals surface area contributed by atoms with Crippen LogP contribution in [-0.4, -0.2) is 17.6 Å². The second-order valence-corrected chi connectivity index (χ2v) is 5.73. The Labute approximate surface area is 139 Å². The number of methoxy groups -OCH3 is 1. The van der Waals surface area contributed by atoms with Gasteiger partial charge in [-0.1, -0.05) is 54.6 Å². The Morgan fingerprint density at radius 2 is 1.71 bits per heavy atom. The van der Waals surface area contributed by atoms with E-state index in [0.717, 1.165) is 16.7 Å². The summed E-state index contributed by atoms with van der Waals surface area (Å²) in [6.07, 6.45) is 0. The van der Waals surface area contributed by atoms with Crippen molar-refractivity contribution in [3.05, 3.63) is 82.1 Å². The molecule has 3 aromatic rings. The summed E-state index contributed by atoms with van der Waals surface area (Å²) in [6.45, 7) is 0.467. The van der Waals surface area contributed by atoms with E-state index < -0.39 is 5.97 Å². The van der Waals surface area contributed by atoms with Crippen molar-refractivity contribution in [2.24, 2.45) is 0 Å². The molecule has 4 rings (SSSR count). The van der Waals surface area contributed by atoms with Crippen LogP contribution in [0.2, 0.25) is 0 Å². The Morgan fingerprint density at radius 3 is 2.46 bits per heavy atom. The van der Waals surface area contributed by atoms with Crippen molar-refractivity contribution in [1.82, 2.24) is 4.57 Å². The van der Waals surface area contributed by atoms with Gasteiger partial charge in [0, 0.05) is 11.1 Å². The van der Waals surface area contributed by atoms with Gasteiger partial charge in [0.25, 0.3) is 5.56 Å². The zero-order chi connectivity index (χ0) is 16.7. The lowest BCUT2D eigenvalue weighted by molar-refractivity contribution is 0.0601. The van der Waals surface area contributed by atoms with Crippen LogP contribution in [0.25, 0.3) is 22.4 Å². The maximum absolute atomic E-state index is 13.0. The van der Waals surface area contributed by atoms with Gasteiger partial charge in [0.2, 0.25) is 0 Å². The van der Waals surface area contributed by atoms with Crippen molar-refractivity contribution in [3.63, 3.8) is 0 Å². The maximum atomic E-state index is 13.0. The van der Waals surface area contributed by atoms with E-state index in [0.29, 0.717) is 23.4 Å². The van der Waals surface area contributed by atoms with Gasteiger partial charge < -0.3 is 9.30 Å². The Bertz CT molecular complexity index is 1000. The normalized spacial score (nSPS) is 11.7. The lowest BCUT2D eigenvalue weighted by Crippen LogP contribution is -2.23. The summed E-state index contributed by atoms with van der Waals surface area (Å²) in [5.41, 5.74) is 4.20. The van der Waals surface area contributed by atoms with Crippen molar-refractivity contribution in [2.75, 3.05) is 7.11 Å². The fourth-order valence-electron chi connectivity index (χ4n) is 3.26. The van der Waals surface area contributed by atoms with E-state index in [1.807, 2.05) is 54.6 Å². The topological polar surface area (TPSA) is 48.3 Å². The van der Waals surface area contributed by atoms with Gasteiger partial charge >= 0.3 is 5.97 Å².